The Morgan fingerprint density at radius 2 is 2.00 bits per heavy atom. The van der Waals surface area contributed by atoms with Crippen LogP contribution in [-0.4, -0.2) is 8.42 Å². The molecule has 0 saturated heterocycles. The van der Waals surface area contributed by atoms with Crippen LogP contribution < -0.4 is 10.5 Å². The second kappa shape index (κ2) is 5.85. The maximum Gasteiger partial charge on any atom is 0.238 e. The quantitative estimate of drug-likeness (QED) is 0.857. The minimum atomic E-state index is -3.70. The van der Waals surface area contributed by atoms with Crippen molar-refractivity contribution in [3.63, 3.8) is 0 Å². The minimum absolute atomic E-state index is 0.0855. The number of nitrogens with two attached hydrogens (primary N) is 1. The number of sulfonamides is 1. The van der Waals surface area contributed by atoms with Gasteiger partial charge >= 0.3 is 0 Å². The van der Waals surface area contributed by atoms with E-state index in [0.29, 0.717) is 5.56 Å². The van der Waals surface area contributed by atoms with Gasteiger partial charge < -0.3 is 5.32 Å². The van der Waals surface area contributed by atoms with Crippen molar-refractivity contribution in [3.8, 4) is 0 Å². The number of benzene rings is 1. The summed E-state index contributed by atoms with van der Waals surface area (Å²) in [6, 6.07) is 9.28. The van der Waals surface area contributed by atoms with E-state index in [1.165, 1.54) is 0 Å². The standard InChI is InChI=1S/C13H15BrN2O2S2/c1-8-3-4-10(7-12(8)20(15,17)18)16-9(2)11-5-6-13(14)19-11/h3-7,9,16H,1-2H3,(H2,15,17,18). The lowest BCUT2D eigenvalue weighted by Gasteiger charge is -2.15. The molecular weight excluding hydrogens is 360 g/mol. The third kappa shape index (κ3) is 3.60. The van der Waals surface area contributed by atoms with E-state index in [-0.39, 0.29) is 10.9 Å². The first-order chi connectivity index (χ1) is 9.27. The average molecular weight is 375 g/mol. The minimum Gasteiger partial charge on any atom is -0.378 e. The van der Waals surface area contributed by atoms with Crippen LogP contribution in [0.3, 0.4) is 0 Å². The number of aryl methyl sites for hydroxylation is 1. The summed E-state index contributed by atoms with van der Waals surface area (Å²) in [4.78, 5) is 1.32. The number of rotatable bonds is 4. The predicted molar refractivity (Wildman–Crippen MR) is 86.6 cm³/mol. The molecule has 0 radical (unpaired) electrons. The first-order valence-electron chi connectivity index (χ1n) is 5.92. The van der Waals surface area contributed by atoms with Crippen LogP contribution in [0.5, 0.6) is 0 Å². The lowest BCUT2D eigenvalue weighted by Crippen LogP contribution is -2.14. The van der Waals surface area contributed by atoms with Gasteiger partial charge in [-0.3, -0.25) is 0 Å². The molecule has 1 aromatic heterocycles. The Kier molecular flexibility index (Phi) is 4.53. The molecule has 7 heteroatoms. The summed E-state index contributed by atoms with van der Waals surface area (Å²) in [5, 5.41) is 8.49. The Morgan fingerprint density at radius 3 is 2.55 bits per heavy atom. The summed E-state index contributed by atoms with van der Waals surface area (Å²) in [5.74, 6) is 0. The van der Waals surface area contributed by atoms with Gasteiger partial charge in [0.1, 0.15) is 0 Å². The van der Waals surface area contributed by atoms with Crippen LogP contribution in [0.4, 0.5) is 5.69 Å². The molecule has 2 aromatic rings. The number of hydrogen-bond donors (Lipinski definition) is 2. The highest BCUT2D eigenvalue weighted by molar-refractivity contribution is 9.11. The third-order valence-electron chi connectivity index (χ3n) is 2.90. The molecule has 1 aromatic carbocycles. The molecule has 0 bridgehead atoms. The first kappa shape index (κ1) is 15.5. The van der Waals surface area contributed by atoms with E-state index >= 15 is 0 Å². The lowest BCUT2D eigenvalue weighted by atomic mass is 10.2. The summed E-state index contributed by atoms with van der Waals surface area (Å²) in [6.07, 6.45) is 0. The van der Waals surface area contributed by atoms with Gasteiger partial charge in [0.2, 0.25) is 10.0 Å². The van der Waals surface area contributed by atoms with E-state index in [2.05, 4.69) is 21.2 Å². The van der Waals surface area contributed by atoms with Gasteiger partial charge in [0.05, 0.1) is 14.7 Å². The fourth-order valence-electron chi connectivity index (χ4n) is 1.88. The van der Waals surface area contributed by atoms with Crippen molar-refractivity contribution in [2.45, 2.75) is 24.8 Å². The molecule has 20 heavy (non-hydrogen) atoms. The van der Waals surface area contributed by atoms with Gasteiger partial charge in [-0.2, -0.15) is 0 Å². The second-order valence-electron chi connectivity index (χ2n) is 4.53. The van der Waals surface area contributed by atoms with Crippen molar-refractivity contribution in [3.05, 3.63) is 44.6 Å². The summed E-state index contributed by atoms with van der Waals surface area (Å²) in [6.45, 7) is 3.75. The molecule has 0 saturated carbocycles. The monoisotopic (exact) mass is 374 g/mol. The Labute approximate surface area is 131 Å². The molecule has 0 aliphatic heterocycles. The fourth-order valence-corrected chi connectivity index (χ4v) is 4.11. The van der Waals surface area contributed by atoms with Crippen LogP contribution in [0.1, 0.15) is 23.4 Å². The molecule has 0 aliphatic rings. The highest BCUT2D eigenvalue weighted by atomic mass is 79.9. The van der Waals surface area contributed by atoms with Gasteiger partial charge in [0, 0.05) is 10.6 Å². The van der Waals surface area contributed by atoms with Crippen molar-refractivity contribution in [1.29, 1.82) is 0 Å². The molecule has 0 spiro atoms. The van der Waals surface area contributed by atoms with Crippen LogP contribution in [0, 0.1) is 6.92 Å². The number of anilines is 1. The van der Waals surface area contributed by atoms with E-state index in [1.54, 1.807) is 30.4 Å². The highest BCUT2D eigenvalue weighted by Crippen LogP contribution is 2.30. The Hall–Kier alpha value is -0.890. The number of nitrogens with one attached hydrogen (secondary N) is 1. The number of thiophene rings is 1. The number of halogens is 1. The van der Waals surface area contributed by atoms with E-state index in [1.807, 2.05) is 25.1 Å². The van der Waals surface area contributed by atoms with Crippen LogP contribution in [0.2, 0.25) is 0 Å². The molecule has 0 aliphatic carbocycles. The SMILES string of the molecule is Cc1ccc(NC(C)c2ccc(Br)s2)cc1S(N)(=O)=O. The molecule has 1 unspecified atom stereocenters. The zero-order valence-corrected chi connectivity index (χ0v) is 14.3. The highest BCUT2D eigenvalue weighted by Gasteiger charge is 2.14. The zero-order valence-electron chi connectivity index (χ0n) is 11.1. The smallest absolute Gasteiger partial charge is 0.238 e. The predicted octanol–water partition coefficient (Wildman–Crippen LogP) is 3.64. The van der Waals surface area contributed by atoms with Crippen LogP contribution >= 0.6 is 27.3 Å². The third-order valence-corrected chi connectivity index (χ3v) is 5.76. The van der Waals surface area contributed by atoms with Crippen molar-refractivity contribution in [2.75, 3.05) is 5.32 Å². The van der Waals surface area contributed by atoms with Crippen molar-refractivity contribution < 1.29 is 8.42 Å². The summed E-state index contributed by atoms with van der Waals surface area (Å²) >= 11 is 5.07. The molecule has 0 amide bonds. The maximum absolute atomic E-state index is 11.5. The fraction of sp³-hybridized carbons (Fsp3) is 0.231. The van der Waals surface area contributed by atoms with Gasteiger partial charge in [0.15, 0.2) is 0 Å². The maximum atomic E-state index is 11.5. The first-order valence-corrected chi connectivity index (χ1v) is 9.08. The summed E-state index contributed by atoms with van der Waals surface area (Å²) in [7, 11) is -3.70. The molecular formula is C13H15BrN2O2S2. The normalized spacial score (nSPS) is 13.2. The molecule has 2 rings (SSSR count). The summed E-state index contributed by atoms with van der Waals surface area (Å²) < 4.78 is 24.1. The molecule has 1 heterocycles. The van der Waals surface area contributed by atoms with E-state index < -0.39 is 10.0 Å². The van der Waals surface area contributed by atoms with Crippen molar-refractivity contribution >= 4 is 43.0 Å². The van der Waals surface area contributed by atoms with E-state index in [9.17, 15) is 8.42 Å². The topological polar surface area (TPSA) is 72.2 Å². The second-order valence-corrected chi connectivity index (χ2v) is 8.56. The van der Waals surface area contributed by atoms with Gasteiger partial charge in [0.25, 0.3) is 0 Å². The number of primary sulfonamides is 1. The molecule has 0 fully saturated rings. The van der Waals surface area contributed by atoms with Gasteiger partial charge in [-0.1, -0.05) is 6.07 Å². The zero-order chi connectivity index (χ0) is 14.9. The van der Waals surface area contributed by atoms with Crippen molar-refractivity contribution in [1.82, 2.24) is 0 Å². The van der Waals surface area contributed by atoms with E-state index in [0.717, 1.165) is 14.4 Å². The average Bonchev–Trinajstić information content (AvgIpc) is 2.77. The van der Waals surface area contributed by atoms with Gasteiger partial charge in [-0.05, 0) is 59.6 Å². The molecule has 1 atom stereocenters. The molecule has 4 nitrogen and oxygen atoms in total. The molecule has 108 valence electrons. The molecule has 3 N–H and O–H groups in total. The van der Waals surface area contributed by atoms with Crippen LogP contribution in [0.15, 0.2) is 39.0 Å². The Bertz CT molecular complexity index is 726. The van der Waals surface area contributed by atoms with Crippen LogP contribution in [0.25, 0.3) is 0 Å². The lowest BCUT2D eigenvalue weighted by molar-refractivity contribution is 0.597. The van der Waals surface area contributed by atoms with Crippen LogP contribution in [-0.2, 0) is 10.0 Å². The van der Waals surface area contributed by atoms with Gasteiger partial charge in [-0.15, -0.1) is 11.3 Å². The Balaban J connectivity index is 2.26. The number of hydrogen-bond acceptors (Lipinski definition) is 4. The van der Waals surface area contributed by atoms with E-state index in [4.69, 9.17) is 5.14 Å². The van der Waals surface area contributed by atoms with Gasteiger partial charge in [-0.25, -0.2) is 13.6 Å². The Morgan fingerprint density at radius 1 is 1.30 bits per heavy atom. The largest absolute Gasteiger partial charge is 0.378 e. The van der Waals surface area contributed by atoms with Crippen molar-refractivity contribution in [2.24, 2.45) is 5.14 Å². The summed E-state index contributed by atoms with van der Waals surface area (Å²) in [5.41, 5.74) is 1.38.